The number of nitrogens with zero attached hydrogens (tertiary/aromatic N) is 4. The first-order valence-corrected chi connectivity index (χ1v) is 8.98. The number of hydrogen-bond acceptors (Lipinski definition) is 3. The molecule has 26 heavy (non-hydrogen) atoms. The number of rotatable bonds is 7. The highest BCUT2D eigenvalue weighted by molar-refractivity contribution is 5.92. The summed E-state index contributed by atoms with van der Waals surface area (Å²) in [5.41, 5.74) is 3.71. The number of nitrogens with one attached hydrogen (secondary N) is 1. The molecule has 3 aromatic rings. The van der Waals surface area contributed by atoms with Crippen molar-refractivity contribution < 1.29 is 4.79 Å². The maximum Gasteiger partial charge on any atom is 0.269 e. The number of aromatic nitrogens is 4. The molecule has 2 aromatic heterocycles. The highest BCUT2D eigenvalue weighted by atomic mass is 16.2. The zero-order valence-electron chi connectivity index (χ0n) is 15.5. The van der Waals surface area contributed by atoms with Gasteiger partial charge in [-0.15, -0.1) is 0 Å². The largest absolute Gasteiger partial charge is 0.347 e. The monoisotopic (exact) mass is 351 g/mol. The second-order valence-electron chi connectivity index (χ2n) is 6.64. The highest BCUT2D eigenvalue weighted by Gasteiger charge is 2.16. The van der Waals surface area contributed by atoms with Crippen LogP contribution in [0.5, 0.6) is 0 Å². The summed E-state index contributed by atoms with van der Waals surface area (Å²) in [6.45, 7) is 7.97. The topological polar surface area (TPSA) is 64.7 Å². The molecule has 0 saturated heterocycles. The number of benzene rings is 1. The van der Waals surface area contributed by atoms with Gasteiger partial charge in [0.25, 0.3) is 5.91 Å². The van der Waals surface area contributed by atoms with E-state index in [-0.39, 0.29) is 5.91 Å². The second kappa shape index (κ2) is 7.99. The Bertz CT molecular complexity index is 863. The minimum Gasteiger partial charge on any atom is -0.347 e. The average molecular weight is 351 g/mol. The fourth-order valence-corrected chi connectivity index (χ4v) is 2.77. The lowest BCUT2D eigenvalue weighted by molar-refractivity contribution is 0.0940. The molecule has 3 rings (SSSR count). The van der Waals surface area contributed by atoms with Gasteiger partial charge in [-0.05, 0) is 24.5 Å². The molecule has 0 bridgehead atoms. The van der Waals surface area contributed by atoms with Crippen LogP contribution in [0.3, 0.4) is 0 Å². The molecule has 0 atom stereocenters. The molecule has 136 valence electrons. The van der Waals surface area contributed by atoms with E-state index in [9.17, 15) is 4.79 Å². The van der Waals surface area contributed by atoms with Gasteiger partial charge in [0.1, 0.15) is 5.69 Å². The van der Waals surface area contributed by atoms with Gasteiger partial charge in [-0.3, -0.25) is 14.2 Å². The first-order valence-electron chi connectivity index (χ1n) is 8.98. The smallest absolute Gasteiger partial charge is 0.269 e. The molecular weight excluding hydrogens is 326 g/mol. The third kappa shape index (κ3) is 4.20. The van der Waals surface area contributed by atoms with Crippen LogP contribution in [0, 0.1) is 0 Å². The van der Waals surface area contributed by atoms with E-state index in [1.165, 1.54) is 5.56 Å². The summed E-state index contributed by atoms with van der Waals surface area (Å²) >= 11 is 0. The Morgan fingerprint density at radius 2 is 1.96 bits per heavy atom. The lowest BCUT2D eigenvalue weighted by Gasteiger charge is -2.05. The van der Waals surface area contributed by atoms with Crippen LogP contribution in [0.1, 0.15) is 54.0 Å². The van der Waals surface area contributed by atoms with Crippen molar-refractivity contribution in [2.75, 3.05) is 0 Å². The highest BCUT2D eigenvalue weighted by Crippen LogP contribution is 2.14. The SMILES string of the molecule is CCn1nc(C(C)C)cc1C(=O)NCc1cnn(Cc2ccccc2)c1. The van der Waals surface area contributed by atoms with Crippen LogP contribution in [0.15, 0.2) is 48.8 Å². The van der Waals surface area contributed by atoms with Crippen LogP contribution in [-0.2, 0) is 19.6 Å². The molecule has 0 saturated carbocycles. The van der Waals surface area contributed by atoms with Crippen molar-refractivity contribution in [1.82, 2.24) is 24.9 Å². The van der Waals surface area contributed by atoms with Crippen LogP contribution in [-0.4, -0.2) is 25.5 Å². The van der Waals surface area contributed by atoms with Gasteiger partial charge in [-0.1, -0.05) is 44.2 Å². The Labute approximate surface area is 153 Å². The molecule has 1 N–H and O–H groups in total. The molecule has 0 aliphatic rings. The molecule has 0 aliphatic heterocycles. The van der Waals surface area contributed by atoms with E-state index >= 15 is 0 Å². The standard InChI is InChI=1S/C20H25N5O/c1-4-25-19(10-18(23-25)15(2)3)20(26)21-11-17-12-22-24(14-17)13-16-8-6-5-7-9-16/h5-10,12,14-15H,4,11,13H2,1-3H3,(H,21,26). The molecule has 2 heterocycles. The maximum atomic E-state index is 12.5. The number of amides is 1. The van der Waals surface area contributed by atoms with Crippen LogP contribution in [0.2, 0.25) is 0 Å². The minimum absolute atomic E-state index is 0.109. The fourth-order valence-electron chi connectivity index (χ4n) is 2.77. The van der Waals surface area contributed by atoms with Crippen molar-refractivity contribution in [1.29, 1.82) is 0 Å². The van der Waals surface area contributed by atoms with E-state index in [1.807, 2.05) is 42.1 Å². The summed E-state index contributed by atoms with van der Waals surface area (Å²) in [6.07, 6.45) is 3.75. The zero-order chi connectivity index (χ0) is 18.5. The summed E-state index contributed by atoms with van der Waals surface area (Å²) in [5.74, 6) is 0.188. The van der Waals surface area contributed by atoms with Crippen molar-refractivity contribution in [3.8, 4) is 0 Å². The zero-order valence-corrected chi connectivity index (χ0v) is 15.5. The predicted molar refractivity (Wildman–Crippen MR) is 101 cm³/mol. The second-order valence-corrected chi connectivity index (χ2v) is 6.64. The van der Waals surface area contributed by atoms with Crippen LogP contribution in [0.25, 0.3) is 0 Å². The number of hydrogen-bond donors (Lipinski definition) is 1. The first-order chi connectivity index (χ1) is 12.6. The van der Waals surface area contributed by atoms with Gasteiger partial charge in [-0.25, -0.2) is 0 Å². The quantitative estimate of drug-likeness (QED) is 0.711. The minimum atomic E-state index is -0.109. The summed E-state index contributed by atoms with van der Waals surface area (Å²) in [5, 5.41) is 11.8. The average Bonchev–Trinajstić information content (AvgIpc) is 3.27. The lowest BCUT2D eigenvalue weighted by atomic mass is 10.1. The molecule has 0 unspecified atom stereocenters. The van der Waals surface area contributed by atoms with Crippen LogP contribution >= 0.6 is 0 Å². The molecule has 6 nitrogen and oxygen atoms in total. The normalized spacial score (nSPS) is 11.1. The van der Waals surface area contributed by atoms with Gasteiger partial charge in [0.2, 0.25) is 0 Å². The van der Waals surface area contributed by atoms with Crippen LogP contribution < -0.4 is 5.32 Å². The molecule has 1 amide bonds. The van der Waals surface area contributed by atoms with E-state index in [1.54, 1.807) is 10.9 Å². The van der Waals surface area contributed by atoms with Crippen molar-refractivity contribution >= 4 is 5.91 Å². The lowest BCUT2D eigenvalue weighted by Crippen LogP contribution is -2.25. The fraction of sp³-hybridized carbons (Fsp3) is 0.350. The molecule has 1 aromatic carbocycles. The molecular formula is C20H25N5O. The molecule has 0 radical (unpaired) electrons. The number of carbonyl (C=O) groups excluding carboxylic acids is 1. The van der Waals surface area contributed by atoms with Crippen molar-refractivity contribution in [3.63, 3.8) is 0 Å². The first kappa shape index (κ1) is 17.9. The summed E-state index contributed by atoms with van der Waals surface area (Å²) < 4.78 is 3.63. The molecule has 6 heteroatoms. The van der Waals surface area contributed by atoms with Crippen molar-refractivity contribution in [3.05, 3.63) is 71.3 Å². The Morgan fingerprint density at radius 1 is 1.19 bits per heavy atom. The Morgan fingerprint density at radius 3 is 2.65 bits per heavy atom. The van der Waals surface area contributed by atoms with E-state index in [0.29, 0.717) is 24.7 Å². The van der Waals surface area contributed by atoms with E-state index < -0.39 is 0 Å². The maximum absolute atomic E-state index is 12.5. The van der Waals surface area contributed by atoms with Gasteiger partial charge < -0.3 is 5.32 Å². The number of carbonyl (C=O) groups is 1. The molecule has 0 aliphatic carbocycles. The van der Waals surface area contributed by atoms with Crippen molar-refractivity contribution in [2.24, 2.45) is 0 Å². The van der Waals surface area contributed by atoms with E-state index in [2.05, 4.69) is 41.5 Å². The summed E-state index contributed by atoms with van der Waals surface area (Å²) in [7, 11) is 0. The summed E-state index contributed by atoms with van der Waals surface area (Å²) in [4.78, 5) is 12.5. The van der Waals surface area contributed by atoms with Gasteiger partial charge in [0.15, 0.2) is 0 Å². The van der Waals surface area contributed by atoms with Gasteiger partial charge in [0.05, 0.1) is 18.4 Å². The van der Waals surface area contributed by atoms with E-state index in [4.69, 9.17) is 0 Å². The summed E-state index contributed by atoms with van der Waals surface area (Å²) in [6, 6.07) is 12.1. The molecule has 0 spiro atoms. The Hall–Kier alpha value is -2.89. The molecule has 0 fully saturated rings. The Balaban J connectivity index is 1.62. The van der Waals surface area contributed by atoms with Gasteiger partial charge in [0, 0.05) is 24.8 Å². The van der Waals surface area contributed by atoms with Crippen LogP contribution in [0.4, 0.5) is 0 Å². The Kier molecular flexibility index (Phi) is 5.51. The third-order valence-electron chi connectivity index (χ3n) is 4.25. The van der Waals surface area contributed by atoms with Gasteiger partial charge >= 0.3 is 0 Å². The van der Waals surface area contributed by atoms with E-state index in [0.717, 1.165) is 17.8 Å². The number of aryl methyl sites for hydroxylation is 1. The third-order valence-corrected chi connectivity index (χ3v) is 4.25. The van der Waals surface area contributed by atoms with Gasteiger partial charge in [-0.2, -0.15) is 10.2 Å². The van der Waals surface area contributed by atoms with Crippen molar-refractivity contribution in [2.45, 2.75) is 46.3 Å². The predicted octanol–water partition coefficient (Wildman–Crippen LogP) is 3.20.